The second-order valence-corrected chi connectivity index (χ2v) is 8.74. The molecule has 0 spiro atoms. The minimum absolute atomic E-state index is 0.0233. The first-order valence-electron chi connectivity index (χ1n) is 11.3. The average molecular weight is 419 g/mol. The Morgan fingerprint density at radius 2 is 1.71 bits per heavy atom. The predicted molar refractivity (Wildman–Crippen MR) is 123 cm³/mol. The zero-order valence-corrected chi connectivity index (χ0v) is 18.4. The van der Waals surface area contributed by atoms with Crippen LogP contribution in [0.5, 0.6) is 0 Å². The van der Waals surface area contributed by atoms with Gasteiger partial charge in [0.15, 0.2) is 5.65 Å². The molecule has 0 N–H and O–H groups in total. The lowest BCUT2D eigenvalue weighted by molar-refractivity contribution is -0.136. The zero-order chi connectivity index (χ0) is 21.4. The summed E-state index contributed by atoms with van der Waals surface area (Å²) in [6, 6.07) is 14.5. The van der Waals surface area contributed by atoms with Crippen LogP contribution in [0.4, 0.5) is 11.6 Å². The maximum Gasteiger partial charge on any atom is 0.231 e. The molecule has 7 nitrogen and oxygen atoms in total. The molecule has 2 aliphatic rings. The molecular weight excluding hydrogens is 388 g/mol. The summed E-state index contributed by atoms with van der Waals surface area (Å²) in [7, 11) is 0. The topological polar surface area (TPSA) is 57.0 Å². The molecule has 31 heavy (non-hydrogen) atoms. The third-order valence-electron chi connectivity index (χ3n) is 6.71. The van der Waals surface area contributed by atoms with Gasteiger partial charge in [-0.25, -0.2) is 0 Å². The number of hydrogen-bond donors (Lipinski definition) is 0. The summed E-state index contributed by atoms with van der Waals surface area (Å²) in [5.74, 6) is 1.17. The van der Waals surface area contributed by atoms with E-state index in [2.05, 4.69) is 73.5 Å². The highest BCUT2D eigenvalue weighted by atomic mass is 16.2. The number of hydrogen-bond acceptors (Lipinski definition) is 5. The van der Waals surface area contributed by atoms with Gasteiger partial charge in [0, 0.05) is 50.6 Å². The van der Waals surface area contributed by atoms with Crippen molar-refractivity contribution in [3.05, 3.63) is 53.7 Å². The van der Waals surface area contributed by atoms with Crippen LogP contribution in [0.3, 0.4) is 0 Å². The van der Waals surface area contributed by atoms with E-state index < -0.39 is 0 Å². The van der Waals surface area contributed by atoms with Crippen molar-refractivity contribution in [1.82, 2.24) is 19.5 Å². The number of aryl methyl sites for hydroxylation is 2. The van der Waals surface area contributed by atoms with Crippen LogP contribution in [0.25, 0.3) is 5.65 Å². The maximum atomic E-state index is 13.3. The van der Waals surface area contributed by atoms with Gasteiger partial charge in [-0.1, -0.05) is 24.3 Å². The zero-order valence-electron chi connectivity index (χ0n) is 18.4. The summed E-state index contributed by atoms with van der Waals surface area (Å²) in [6.07, 6.45) is 1.95. The monoisotopic (exact) mass is 418 g/mol. The van der Waals surface area contributed by atoms with E-state index in [4.69, 9.17) is 0 Å². The smallest absolute Gasteiger partial charge is 0.231 e. The number of pyridine rings is 1. The molecule has 1 atom stereocenters. The average Bonchev–Trinajstić information content (AvgIpc) is 3.25. The van der Waals surface area contributed by atoms with Crippen LogP contribution in [0.2, 0.25) is 0 Å². The SMILES string of the molecule is Cc1ccccc1N1CCN(C(=O)C2CCCN(c3nnc4cccc(C)n34)C2)CC1. The van der Waals surface area contributed by atoms with Gasteiger partial charge in [-0.2, -0.15) is 0 Å². The molecule has 5 rings (SSSR count). The van der Waals surface area contributed by atoms with Crippen LogP contribution < -0.4 is 9.80 Å². The first kappa shape index (κ1) is 19.8. The van der Waals surface area contributed by atoms with Gasteiger partial charge in [0.25, 0.3) is 0 Å². The Morgan fingerprint density at radius 1 is 0.903 bits per heavy atom. The minimum Gasteiger partial charge on any atom is -0.368 e. The Bertz CT molecular complexity index is 1080. The molecule has 162 valence electrons. The Hall–Kier alpha value is -3.09. The van der Waals surface area contributed by atoms with Crippen molar-refractivity contribution in [1.29, 1.82) is 0 Å². The number of para-hydroxylation sites is 1. The number of nitrogens with zero attached hydrogens (tertiary/aromatic N) is 6. The molecule has 3 aromatic rings. The first-order valence-corrected chi connectivity index (χ1v) is 11.3. The van der Waals surface area contributed by atoms with Crippen molar-refractivity contribution in [3.8, 4) is 0 Å². The number of amides is 1. The van der Waals surface area contributed by atoms with Gasteiger partial charge in [-0.15, -0.1) is 10.2 Å². The number of rotatable bonds is 3. The van der Waals surface area contributed by atoms with Crippen LogP contribution in [-0.2, 0) is 4.79 Å². The highest BCUT2D eigenvalue weighted by Gasteiger charge is 2.32. The number of carbonyl (C=O) groups excluding carboxylic acids is 1. The number of fused-ring (bicyclic) bond motifs is 1. The fourth-order valence-corrected chi connectivity index (χ4v) is 4.99. The fraction of sp³-hybridized carbons (Fsp3) is 0.458. The summed E-state index contributed by atoms with van der Waals surface area (Å²) in [5, 5.41) is 8.77. The summed E-state index contributed by atoms with van der Waals surface area (Å²) in [6.45, 7) is 9.21. The van der Waals surface area contributed by atoms with Crippen molar-refractivity contribution in [2.45, 2.75) is 26.7 Å². The summed E-state index contributed by atoms with van der Waals surface area (Å²) < 4.78 is 2.09. The van der Waals surface area contributed by atoms with E-state index in [9.17, 15) is 4.79 Å². The van der Waals surface area contributed by atoms with Gasteiger partial charge in [-0.05, 0) is 50.5 Å². The van der Waals surface area contributed by atoms with Crippen LogP contribution in [-0.4, -0.2) is 64.7 Å². The normalized spacial score (nSPS) is 19.8. The summed E-state index contributed by atoms with van der Waals surface area (Å²) in [5.41, 5.74) is 4.54. The second kappa shape index (κ2) is 8.21. The van der Waals surface area contributed by atoms with Crippen molar-refractivity contribution in [2.75, 3.05) is 49.1 Å². The lowest BCUT2D eigenvalue weighted by atomic mass is 9.96. The Balaban J connectivity index is 1.26. The largest absolute Gasteiger partial charge is 0.368 e. The van der Waals surface area contributed by atoms with E-state index >= 15 is 0 Å². The summed E-state index contributed by atoms with van der Waals surface area (Å²) in [4.78, 5) is 20.1. The molecule has 7 heteroatoms. The molecule has 0 saturated carbocycles. The summed E-state index contributed by atoms with van der Waals surface area (Å²) >= 11 is 0. The predicted octanol–water partition coefficient (Wildman–Crippen LogP) is 2.91. The van der Waals surface area contributed by atoms with Crippen molar-refractivity contribution in [2.24, 2.45) is 5.92 Å². The lowest BCUT2D eigenvalue weighted by Crippen LogP contribution is -2.53. The molecule has 0 aliphatic carbocycles. The van der Waals surface area contributed by atoms with E-state index in [0.29, 0.717) is 12.5 Å². The van der Waals surface area contributed by atoms with Gasteiger partial charge in [0.1, 0.15) is 0 Å². The molecule has 0 bridgehead atoms. The molecule has 2 saturated heterocycles. The van der Waals surface area contributed by atoms with Crippen LogP contribution in [0.1, 0.15) is 24.1 Å². The van der Waals surface area contributed by atoms with Gasteiger partial charge >= 0.3 is 0 Å². The van der Waals surface area contributed by atoms with E-state index in [1.54, 1.807) is 0 Å². The Kier molecular flexibility index (Phi) is 5.26. The quantitative estimate of drug-likeness (QED) is 0.655. The number of piperazine rings is 1. The van der Waals surface area contributed by atoms with E-state index in [0.717, 1.165) is 62.9 Å². The number of aromatic nitrogens is 3. The van der Waals surface area contributed by atoms with E-state index in [-0.39, 0.29) is 5.92 Å². The first-order chi connectivity index (χ1) is 15.1. The van der Waals surface area contributed by atoms with Gasteiger partial charge < -0.3 is 14.7 Å². The van der Waals surface area contributed by atoms with E-state index in [1.807, 2.05) is 12.1 Å². The third kappa shape index (κ3) is 3.73. The number of carbonyl (C=O) groups is 1. The molecule has 1 aromatic carbocycles. The van der Waals surface area contributed by atoms with E-state index in [1.165, 1.54) is 11.3 Å². The van der Waals surface area contributed by atoms with Crippen LogP contribution in [0.15, 0.2) is 42.5 Å². The highest BCUT2D eigenvalue weighted by molar-refractivity contribution is 5.80. The van der Waals surface area contributed by atoms with Gasteiger partial charge in [0.05, 0.1) is 5.92 Å². The Labute approximate surface area is 183 Å². The molecule has 4 heterocycles. The fourth-order valence-electron chi connectivity index (χ4n) is 4.99. The third-order valence-corrected chi connectivity index (χ3v) is 6.71. The van der Waals surface area contributed by atoms with Crippen molar-refractivity contribution in [3.63, 3.8) is 0 Å². The van der Waals surface area contributed by atoms with Crippen molar-refractivity contribution >= 4 is 23.2 Å². The van der Waals surface area contributed by atoms with Gasteiger partial charge in [0.2, 0.25) is 11.9 Å². The van der Waals surface area contributed by atoms with Crippen LogP contribution >= 0.6 is 0 Å². The molecule has 1 amide bonds. The number of benzene rings is 1. The van der Waals surface area contributed by atoms with Gasteiger partial charge in [-0.3, -0.25) is 9.20 Å². The molecule has 2 fully saturated rings. The second-order valence-electron chi connectivity index (χ2n) is 8.74. The molecule has 1 unspecified atom stereocenters. The Morgan fingerprint density at radius 3 is 2.52 bits per heavy atom. The lowest BCUT2D eigenvalue weighted by Gasteiger charge is -2.40. The van der Waals surface area contributed by atoms with Crippen LogP contribution in [0, 0.1) is 19.8 Å². The highest BCUT2D eigenvalue weighted by Crippen LogP contribution is 2.26. The minimum atomic E-state index is 0.0233. The number of anilines is 2. The van der Waals surface area contributed by atoms with Crippen molar-refractivity contribution < 1.29 is 4.79 Å². The standard InChI is InChI=1S/C24H30N6O/c1-18-7-3-4-10-21(18)27-13-15-28(16-14-27)23(31)20-9-6-12-29(17-20)24-26-25-22-11-5-8-19(2)30(22)24/h3-5,7-8,10-11,20H,6,9,12-17H2,1-2H3. The maximum absolute atomic E-state index is 13.3. The molecular formula is C24H30N6O. The molecule has 2 aromatic heterocycles. The number of piperidine rings is 1. The molecule has 2 aliphatic heterocycles. The molecule has 0 radical (unpaired) electrons.